The number of hydrogen-bond donors (Lipinski definition) is 2. The van der Waals surface area contributed by atoms with Crippen LogP contribution < -0.4 is 9.44 Å². The molecule has 0 aromatic heterocycles. The molecule has 0 aliphatic rings. The second-order valence-electron chi connectivity index (χ2n) is 8.98. The van der Waals surface area contributed by atoms with Gasteiger partial charge in [-0.1, -0.05) is 0 Å². The summed E-state index contributed by atoms with van der Waals surface area (Å²) in [7, 11) is -4.73. The maximum atomic E-state index is 12.8. The molecule has 40 heavy (non-hydrogen) atoms. The van der Waals surface area contributed by atoms with Gasteiger partial charge in [-0.3, -0.25) is 9.59 Å². The molecule has 2 atom stereocenters. The van der Waals surface area contributed by atoms with Crippen molar-refractivity contribution in [3.8, 4) is 0 Å². The SMILES string of the molecule is CCO[Si](OCC)(OCC)C(C)S(C)(C)NC(=O)SSSSC(=O)NS(C)(C)C(C)[Si](OCC)(OCC)OCC. The molecule has 2 amide bonds. The minimum Gasteiger partial charge on any atom is -0.373 e. The van der Waals surface area contributed by atoms with E-state index in [0.29, 0.717) is 39.6 Å². The monoisotopic (exact) mass is 720 g/mol. The van der Waals surface area contributed by atoms with E-state index in [9.17, 15) is 9.59 Å². The summed E-state index contributed by atoms with van der Waals surface area (Å²) >= 11 is 0. The van der Waals surface area contributed by atoms with Crippen molar-refractivity contribution in [2.75, 3.05) is 64.7 Å². The Hall–Kier alpha value is 1.23. The molecule has 0 aliphatic carbocycles. The van der Waals surface area contributed by atoms with E-state index in [4.69, 9.17) is 26.6 Å². The summed E-state index contributed by atoms with van der Waals surface area (Å²) in [6, 6.07) is 0. The lowest BCUT2D eigenvalue weighted by Crippen LogP contribution is -2.58. The Labute approximate surface area is 263 Å². The summed E-state index contributed by atoms with van der Waals surface area (Å²) in [4.78, 5) is 25.4. The van der Waals surface area contributed by atoms with Gasteiger partial charge in [-0.15, -0.1) is 0 Å². The van der Waals surface area contributed by atoms with E-state index in [1.54, 1.807) is 0 Å². The van der Waals surface area contributed by atoms with Gasteiger partial charge in [0, 0.05) is 61.2 Å². The molecule has 0 radical (unpaired) electrons. The number of nitrogens with one attached hydrogen (secondary N) is 2. The topological polar surface area (TPSA) is 114 Å². The number of carbonyl (C=O) groups excluding carboxylic acids is 2. The molecule has 0 fully saturated rings. The zero-order chi connectivity index (χ0) is 31.0. The van der Waals surface area contributed by atoms with Gasteiger partial charge in [0.05, 0.1) is 9.75 Å². The van der Waals surface area contributed by atoms with Crippen molar-refractivity contribution < 1.29 is 36.1 Å². The molecule has 0 aromatic rings. The van der Waals surface area contributed by atoms with Crippen molar-refractivity contribution in [2.24, 2.45) is 0 Å². The number of carbonyl (C=O) groups is 2. The first-order valence-corrected chi connectivity index (χ1v) is 26.7. The average molecular weight is 721 g/mol. The third kappa shape index (κ3) is 13.1. The molecular formula is C22H52N2O8S6Si2. The van der Waals surface area contributed by atoms with Gasteiger partial charge in [-0.2, -0.15) is 20.4 Å². The summed E-state index contributed by atoms with van der Waals surface area (Å²) in [6.07, 6.45) is 8.10. The van der Waals surface area contributed by atoms with Gasteiger partial charge in [0.2, 0.25) is 0 Å². The quantitative estimate of drug-likeness (QED) is 0.0724. The molecule has 0 heterocycles. The molecule has 0 rings (SSSR count). The Kier molecular flexibility index (Phi) is 20.9. The van der Waals surface area contributed by atoms with Gasteiger partial charge in [0.15, 0.2) is 0 Å². The Morgan fingerprint density at radius 1 is 0.575 bits per heavy atom. The highest BCUT2D eigenvalue weighted by atomic mass is 33.7. The summed E-state index contributed by atoms with van der Waals surface area (Å²) < 4.78 is 42.7. The summed E-state index contributed by atoms with van der Waals surface area (Å²) in [5.74, 6) is 0. The van der Waals surface area contributed by atoms with Crippen molar-refractivity contribution in [1.82, 2.24) is 9.44 Å². The lowest BCUT2D eigenvalue weighted by Gasteiger charge is -2.45. The van der Waals surface area contributed by atoms with Crippen LogP contribution in [-0.2, 0) is 26.6 Å². The molecule has 0 bridgehead atoms. The first-order chi connectivity index (χ1) is 18.7. The summed E-state index contributed by atoms with van der Waals surface area (Å²) in [5.41, 5.74) is 0. The van der Waals surface area contributed by atoms with Crippen LogP contribution in [0.2, 0.25) is 0 Å². The van der Waals surface area contributed by atoms with E-state index in [-0.39, 0.29) is 20.2 Å². The van der Waals surface area contributed by atoms with Gasteiger partial charge >= 0.3 is 17.6 Å². The summed E-state index contributed by atoms with van der Waals surface area (Å²) in [5, 5.41) is -0.364. The van der Waals surface area contributed by atoms with Crippen LogP contribution in [0.15, 0.2) is 0 Å². The van der Waals surface area contributed by atoms with E-state index >= 15 is 0 Å². The standard InChI is InChI=1S/C22H52N2O8S6Si2/c1-13-27-39(28-14-2,29-15-3)19(7)37(9,10)23-21(25)33-35-36-34-22(26)24-38(11,12)20(8)40(30-16-4,31-17-5)32-18-6/h19-20H,13-18H2,1-12H3,(H,23,25)(H,24,26). The zero-order valence-corrected chi connectivity index (χ0v) is 33.0. The van der Waals surface area contributed by atoms with Gasteiger partial charge in [0.25, 0.3) is 10.5 Å². The maximum Gasteiger partial charge on any atom is 0.514 e. The minimum absolute atomic E-state index is 0.102. The predicted octanol–water partition coefficient (Wildman–Crippen LogP) is 6.99. The lowest BCUT2D eigenvalue weighted by atomic mass is 10.9. The third-order valence-corrected chi connectivity index (χ3v) is 27.8. The molecular weight excluding hydrogens is 669 g/mol. The van der Waals surface area contributed by atoms with Crippen molar-refractivity contribution >= 4 is 89.8 Å². The molecule has 0 spiro atoms. The first-order valence-electron chi connectivity index (χ1n) is 13.3. The second kappa shape index (κ2) is 20.3. The molecule has 0 saturated heterocycles. The lowest BCUT2D eigenvalue weighted by molar-refractivity contribution is 0.0696. The van der Waals surface area contributed by atoms with Gasteiger partial charge in [0.1, 0.15) is 0 Å². The third-order valence-electron chi connectivity index (χ3n) is 5.78. The van der Waals surface area contributed by atoms with Crippen molar-refractivity contribution in [3.05, 3.63) is 0 Å². The molecule has 10 nitrogen and oxygen atoms in total. The second-order valence-corrected chi connectivity index (χ2v) is 28.8. The molecule has 18 heteroatoms. The van der Waals surface area contributed by atoms with Crippen LogP contribution in [0, 0.1) is 0 Å². The molecule has 0 aromatic carbocycles. The molecule has 0 saturated carbocycles. The fraction of sp³-hybridized carbons (Fsp3) is 0.909. The first kappa shape index (κ1) is 41.2. The van der Waals surface area contributed by atoms with Crippen molar-refractivity contribution in [1.29, 1.82) is 0 Å². The highest BCUT2D eigenvalue weighted by Gasteiger charge is 2.53. The normalized spacial score (nSPS) is 15.4. The Morgan fingerprint density at radius 3 is 1.00 bits per heavy atom. The smallest absolute Gasteiger partial charge is 0.373 e. The molecule has 2 N–H and O–H groups in total. The average Bonchev–Trinajstić information content (AvgIpc) is 2.86. The van der Waals surface area contributed by atoms with E-state index in [1.807, 2.05) is 80.4 Å². The van der Waals surface area contributed by atoms with Crippen molar-refractivity contribution in [2.45, 2.75) is 65.1 Å². The van der Waals surface area contributed by atoms with Gasteiger partial charge < -0.3 is 36.0 Å². The molecule has 242 valence electrons. The van der Waals surface area contributed by atoms with Crippen molar-refractivity contribution in [3.63, 3.8) is 0 Å². The van der Waals surface area contributed by atoms with Crippen LogP contribution in [0.4, 0.5) is 9.59 Å². The van der Waals surface area contributed by atoms with E-state index in [0.717, 1.165) is 21.6 Å². The number of amides is 2. The minimum atomic E-state index is -2.99. The van der Waals surface area contributed by atoms with Gasteiger partial charge in [-0.25, -0.2) is 0 Å². The van der Waals surface area contributed by atoms with Crippen LogP contribution in [0.3, 0.4) is 0 Å². The summed E-state index contributed by atoms with van der Waals surface area (Å²) in [6.45, 7) is 18.4. The number of hydrogen-bond acceptors (Lipinski definition) is 12. The van der Waals surface area contributed by atoms with Crippen LogP contribution in [0.25, 0.3) is 0 Å². The van der Waals surface area contributed by atoms with Crippen LogP contribution in [0.5, 0.6) is 0 Å². The largest absolute Gasteiger partial charge is 0.514 e. The Morgan fingerprint density at radius 2 is 0.800 bits per heavy atom. The Balaban J connectivity index is 5.05. The van der Waals surface area contributed by atoms with Crippen LogP contribution in [-0.4, -0.2) is 102 Å². The fourth-order valence-corrected chi connectivity index (χ4v) is 22.5. The van der Waals surface area contributed by atoms with Crippen LogP contribution >= 0.6 is 61.7 Å². The molecule has 0 aliphatic heterocycles. The van der Waals surface area contributed by atoms with Crippen LogP contribution in [0.1, 0.15) is 55.4 Å². The Bertz CT molecular complexity index is 666. The highest BCUT2D eigenvalue weighted by Crippen LogP contribution is 2.51. The zero-order valence-electron chi connectivity index (χ0n) is 26.1. The fourth-order valence-electron chi connectivity index (χ4n) is 3.61. The predicted molar refractivity (Wildman–Crippen MR) is 186 cm³/mol. The highest BCUT2D eigenvalue weighted by molar-refractivity contribution is 9.29. The van der Waals surface area contributed by atoms with E-state index < -0.39 is 38.0 Å². The van der Waals surface area contributed by atoms with E-state index in [1.165, 1.54) is 19.7 Å². The number of rotatable bonds is 21. The molecule has 2 unspecified atom stereocenters. The van der Waals surface area contributed by atoms with Gasteiger partial charge in [-0.05, 0) is 100 Å². The maximum absolute atomic E-state index is 12.8. The van der Waals surface area contributed by atoms with E-state index in [2.05, 4.69) is 9.44 Å².